The number of fused-ring (bicyclic) bond motifs is 1. The highest BCUT2D eigenvalue weighted by Gasteiger charge is 2.20. The molecule has 7 nitrogen and oxygen atoms in total. The van der Waals surface area contributed by atoms with Gasteiger partial charge in [-0.1, -0.05) is 6.07 Å². The van der Waals surface area contributed by atoms with E-state index in [0.717, 1.165) is 10.5 Å². The Labute approximate surface area is 123 Å². The zero-order chi connectivity index (χ0) is 15.0. The number of thiazole rings is 1. The average molecular weight is 304 g/mol. The SMILES string of the molecule is Cc1ccc(Oc2nc3sccn3c2CN)c([N+](=O)[O-])c1. The van der Waals surface area contributed by atoms with Crippen molar-refractivity contribution in [2.24, 2.45) is 5.73 Å². The molecule has 2 N–H and O–H groups in total. The smallest absolute Gasteiger partial charge is 0.311 e. The molecule has 0 aliphatic heterocycles. The summed E-state index contributed by atoms with van der Waals surface area (Å²) in [5, 5.41) is 13.0. The number of nitrogens with two attached hydrogens (primary N) is 1. The van der Waals surface area contributed by atoms with E-state index in [1.54, 1.807) is 19.1 Å². The first-order valence-corrected chi connectivity index (χ1v) is 7.05. The summed E-state index contributed by atoms with van der Waals surface area (Å²) in [5.41, 5.74) is 7.11. The predicted octanol–water partition coefficient (Wildman–Crippen LogP) is 2.86. The topological polar surface area (TPSA) is 95.7 Å². The third kappa shape index (κ3) is 2.34. The van der Waals surface area contributed by atoms with Crippen LogP contribution in [0.25, 0.3) is 4.96 Å². The molecule has 108 valence electrons. The van der Waals surface area contributed by atoms with Gasteiger partial charge in [0.25, 0.3) is 0 Å². The highest BCUT2D eigenvalue weighted by atomic mass is 32.1. The number of hydrogen-bond donors (Lipinski definition) is 1. The Morgan fingerprint density at radius 2 is 2.33 bits per heavy atom. The van der Waals surface area contributed by atoms with Crippen LogP contribution in [0.5, 0.6) is 11.6 Å². The lowest BCUT2D eigenvalue weighted by Crippen LogP contribution is -2.02. The van der Waals surface area contributed by atoms with Crippen molar-refractivity contribution in [1.29, 1.82) is 0 Å². The molecule has 21 heavy (non-hydrogen) atoms. The van der Waals surface area contributed by atoms with Crippen molar-refractivity contribution in [1.82, 2.24) is 9.38 Å². The summed E-state index contributed by atoms with van der Waals surface area (Å²) >= 11 is 1.44. The average Bonchev–Trinajstić information content (AvgIpc) is 3.00. The summed E-state index contributed by atoms with van der Waals surface area (Å²) in [4.78, 5) is 15.7. The molecule has 0 aliphatic rings. The summed E-state index contributed by atoms with van der Waals surface area (Å²) in [7, 11) is 0. The minimum Gasteiger partial charge on any atom is -0.430 e. The molecule has 0 saturated carbocycles. The van der Waals surface area contributed by atoms with Crippen molar-refractivity contribution >= 4 is 22.0 Å². The Kier molecular flexibility index (Phi) is 3.32. The summed E-state index contributed by atoms with van der Waals surface area (Å²) in [6.07, 6.45) is 1.84. The van der Waals surface area contributed by atoms with Crippen LogP contribution < -0.4 is 10.5 Å². The van der Waals surface area contributed by atoms with E-state index in [2.05, 4.69) is 4.98 Å². The third-order valence-electron chi connectivity index (χ3n) is 3.04. The van der Waals surface area contributed by atoms with Gasteiger partial charge >= 0.3 is 5.69 Å². The molecular formula is C13H12N4O3S. The van der Waals surface area contributed by atoms with Gasteiger partial charge in [0.05, 0.1) is 4.92 Å². The van der Waals surface area contributed by atoms with Crippen molar-refractivity contribution in [2.75, 3.05) is 0 Å². The summed E-state index contributed by atoms with van der Waals surface area (Å²) < 4.78 is 7.46. The molecule has 8 heteroatoms. The quantitative estimate of drug-likeness (QED) is 0.590. The minimum absolute atomic E-state index is 0.0886. The first kappa shape index (κ1) is 13.5. The molecule has 2 heterocycles. The maximum absolute atomic E-state index is 11.1. The van der Waals surface area contributed by atoms with Gasteiger partial charge < -0.3 is 10.5 Å². The standard InChI is InChI=1S/C13H12N4O3S/c1-8-2-3-11(9(6-8)17(18)19)20-12-10(7-14)16-4-5-21-13(16)15-12/h2-6H,7,14H2,1H3. The number of ether oxygens (including phenoxy) is 1. The predicted molar refractivity (Wildman–Crippen MR) is 78.9 cm³/mol. The number of imidazole rings is 1. The van der Waals surface area contributed by atoms with Gasteiger partial charge in [-0.3, -0.25) is 14.5 Å². The van der Waals surface area contributed by atoms with Crippen molar-refractivity contribution in [3.8, 4) is 11.6 Å². The highest BCUT2D eigenvalue weighted by Crippen LogP contribution is 2.34. The van der Waals surface area contributed by atoms with Crippen molar-refractivity contribution in [3.63, 3.8) is 0 Å². The molecule has 0 fully saturated rings. The largest absolute Gasteiger partial charge is 0.430 e. The van der Waals surface area contributed by atoms with E-state index in [9.17, 15) is 10.1 Å². The van der Waals surface area contributed by atoms with Crippen LogP contribution in [0.1, 0.15) is 11.3 Å². The van der Waals surface area contributed by atoms with Gasteiger partial charge in [0.1, 0.15) is 5.69 Å². The Bertz CT molecular complexity index is 824. The molecule has 0 saturated heterocycles. The number of rotatable bonds is 4. The second-order valence-electron chi connectivity index (χ2n) is 4.45. The monoisotopic (exact) mass is 304 g/mol. The molecule has 3 rings (SSSR count). The van der Waals surface area contributed by atoms with Crippen LogP contribution in [-0.4, -0.2) is 14.3 Å². The lowest BCUT2D eigenvalue weighted by atomic mass is 10.2. The second kappa shape index (κ2) is 5.15. The number of aromatic nitrogens is 2. The van der Waals surface area contributed by atoms with Gasteiger partial charge in [0, 0.05) is 24.2 Å². The lowest BCUT2D eigenvalue weighted by Gasteiger charge is -2.06. The fourth-order valence-electron chi connectivity index (χ4n) is 2.04. The van der Waals surface area contributed by atoms with Crippen molar-refractivity contribution in [3.05, 3.63) is 51.1 Å². The zero-order valence-corrected chi connectivity index (χ0v) is 12.0. The lowest BCUT2D eigenvalue weighted by molar-refractivity contribution is -0.385. The fourth-order valence-corrected chi connectivity index (χ4v) is 2.77. The molecule has 0 spiro atoms. The first-order chi connectivity index (χ1) is 10.1. The van der Waals surface area contributed by atoms with Crippen LogP contribution in [-0.2, 0) is 6.54 Å². The Hall–Kier alpha value is -2.45. The number of hydrogen-bond acceptors (Lipinski definition) is 6. The Morgan fingerprint density at radius 3 is 3.05 bits per heavy atom. The van der Waals surface area contributed by atoms with Crippen LogP contribution in [0.2, 0.25) is 0 Å². The van der Waals surface area contributed by atoms with Gasteiger partial charge in [-0.05, 0) is 18.6 Å². The second-order valence-corrected chi connectivity index (χ2v) is 5.33. The maximum atomic E-state index is 11.1. The molecule has 1 aromatic carbocycles. The maximum Gasteiger partial charge on any atom is 0.311 e. The van der Waals surface area contributed by atoms with Gasteiger partial charge in [0.2, 0.25) is 11.6 Å². The van der Waals surface area contributed by atoms with E-state index in [0.29, 0.717) is 11.6 Å². The molecule has 0 aliphatic carbocycles. The fraction of sp³-hybridized carbons (Fsp3) is 0.154. The van der Waals surface area contributed by atoms with E-state index in [-0.39, 0.29) is 18.0 Å². The Balaban J connectivity index is 2.06. The van der Waals surface area contributed by atoms with E-state index in [1.165, 1.54) is 17.4 Å². The van der Waals surface area contributed by atoms with Crippen LogP contribution in [0.15, 0.2) is 29.8 Å². The van der Waals surface area contributed by atoms with Crippen LogP contribution in [0.4, 0.5) is 5.69 Å². The number of nitro benzene ring substituents is 1. The van der Waals surface area contributed by atoms with Crippen molar-refractivity contribution < 1.29 is 9.66 Å². The van der Waals surface area contributed by atoms with Crippen molar-refractivity contribution in [2.45, 2.75) is 13.5 Å². The highest BCUT2D eigenvalue weighted by molar-refractivity contribution is 7.15. The molecule has 0 atom stereocenters. The van der Waals surface area contributed by atoms with E-state index >= 15 is 0 Å². The van der Waals surface area contributed by atoms with E-state index in [1.807, 2.05) is 16.0 Å². The van der Waals surface area contributed by atoms with Gasteiger partial charge in [0.15, 0.2) is 4.96 Å². The summed E-state index contributed by atoms with van der Waals surface area (Å²) in [5.74, 6) is 0.461. The van der Waals surface area contributed by atoms with Crippen LogP contribution in [0.3, 0.4) is 0 Å². The number of aryl methyl sites for hydroxylation is 1. The minimum atomic E-state index is -0.469. The third-order valence-corrected chi connectivity index (χ3v) is 3.79. The molecule has 3 aromatic rings. The van der Waals surface area contributed by atoms with Crippen LogP contribution in [0, 0.1) is 17.0 Å². The normalized spacial score (nSPS) is 11.0. The van der Waals surface area contributed by atoms with Crippen LogP contribution >= 0.6 is 11.3 Å². The molecule has 0 radical (unpaired) electrons. The zero-order valence-electron chi connectivity index (χ0n) is 11.1. The van der Waals surface area contributed by atoms with Gasteiger partial charge in [-0.15, -0.1) is 11.3 Å². The Morgan fingerprint density at radius 1 is 1.52 bits per heavy atom. The number of nitro groups is 1. The van der Waals surface area contributed by atoms with Gasteiger partial charge in [-0.2, -0.15) is 4.98 Å². The summed E-state index contributed by atoms with van der Waals surface area (Å²) in [6, 6.07) is 4.79. The summed E-state index contributed by atoms with van der Waals surface area (Å²) in [6.45, 7) is 2.02. The van der Waals surface area contributed by atoms with E-state index in [4.69, 9.17) is 10.5 Å². The van der Waals surface area contributed by atoms with Gasteiger partial charge in [-0.25, -0.2) is 0 Å². The first-order valence-electron chi connectivity index (χ1n) is 6.17. The number of nitrogens with zero attached hydrogens (tertiary/aromatic N) is 3. The molecule has 0 bridgehead atoms. The molecule has 0 amide bonds. The van der Waals surface area contributed by atoms with E-state index < -0.39 is 4.92 Å². The molecular weight excluding hydrogens is 292 g/mol. The molecule has 2 aromatic heterocycles. The number of benzene rings is 1. The molecule has 0 unspecified atom stereocenters.